The van der Waals surface area contributed by atoms with Gasteiger partial charge in [-0.05, 0) is 62.7 Å². The summed E-state index contributed by atoms with van der Waals surface area (Å²) in [6.07, 6.45) is 2.32. The molecule has 2 aliphatic heterocycles. The molecule has 75 heavy (non-hydrogen) atoms. The average molecular weight is 1070 g/mol. The Balaban J connectivity index is 1.02. The molecule has 2 saturated carbocycles. The molecule has 0 aromatic carbocycles. The Morgan fingerprint density at radius 3 is 1.51 bits per heavy atom. The van der Waals surface area contributed by atoms with Crippen LogP contribution in [-0.4, -0.2) is 278 Å². The number of likely N-dealkylation sites (N-methyl/N-ethyl adjacent to an activating group) is 1. The Morgan fingerprint density at radius 2 is 1.05 bits per heavy atom. The summed E-state index contributed by atoms with van der Waals surface area (Å²) in [4.78, 5) is 83.5. The standard InChI is InChI=1S/C50H88N10O15/c1-4-53-50(71)49(52)60(48(51)40-27-39(35(2)3)41(61)28-42(40)62)38-7-5-36(6-8-38)37-29-59(30-37)44(64)9-19-72-21-23-74-25-26-75-24-22-73-20-10-54-43(63)31-55-11-13-56(32-45(65)66)15-17-58(34-47(69)70)18-16-57(14-12-55)33-46(67)68/h35-42,51-52,61-62H,4-34H2,1-3H3,(H,53,71)(H,54,63)(H,65,66)(H,67,68)(H,69,70). The number of ether oxygens (including phenoxy) is 4. The van der Waals surface area contributed by atoms with Crippen molar-refractivity contribution < 1.29 is 73.2 Å². The van der Waals surface area contributed by atoms with E-state index in [-0.39, 0.29) is 113 Å². The topological polar surface area (TPSA) is 332 Å². The van der Waals surface area contributed by atoms with Crippen molar-refractivity contribution in [2.75, 3.05) is 158 Å². The smallest absolute Gasteiger partial charge is 0.317 e. The van der Waals surface area contributed by atoms with E-state index in [1.54, 1.807) is 21.6 Å². The van der Waals surface area contributed by atoms with Gasteiger partial charge in [-0.1, -0.05) is 13.8 Å². The first kappa shape index (κ1) is 63.1. The van der Waals surface area contributed by atoms with Crippen molar-refractivity contribution in [3.63, 3.8) is 0 Å². The Hall–Kier alpha value is -4.44. The molecule has 25 heteroatoms. The number of carbonyl (C=O) groups is 6. The molecule has 0 aromatic heterocycles. The van der Waals surface area contributed by atoms with Crippen LogP contribution >= 0.6 is 0 Å². The summed E-state index contributed by atoms with van der Waals surface area (Å²) in [5.74, 6) is -3.82. The number of carbonyl (C=O) groups excluding carboxylic acids is 3. The van der Waals surface area contributed by atoms with Crippen molar-refractivity contribution in [3.8, 4) is 0 Å². The molecule has 0 spiro atoms. The van der Waals surface area contributed by atoms with Gasteiger partial charge in [0.2, 0.25) is 11.8 Å². The fourth-order valence-electron chi connectivity index (χ4n) is 10.5. The fourth-order valence-corrected chi connectivity index (χ4v) is 10.5. The zero-order valence-electron chi connectivity index (χ0n) is 44.5. The van der Waals surface area contributed by atoms with Crippen LogP contribution in [0.2, 0.25) is 0 Å². The van der Waals surface area contributed by atoms with Crippen LogP contribution in [0.4, 0.5) is 0 Å². The van der Waals surface area contributed by atoms with E-state index in [9.17, 15) is 59.7 Å². The van der Waals surface area contributed by atoms with Crippen LogP contribution in [0.25, 0.3) is 0 Å². The van der Waals surface area contributed by atoms with Crippen LogP contribution in [0.15, 0.2) is 0 Å². The van der Waals surface area contributed by atoms with E-state index < -0.39 is 41.9 Å². The molecule has 4 atom stereocenters. The quantitative estimate of drug-likeness (QED) is 0.0254. The van der Waals surface area contributed by atoms with Gasteiger partial charge in [-0.2, -0.15) is 0 Å². The van der Waals surface area contributed by atoms with E-state index in [1.807, 2.05) is 23.6 Å². The first-order valence-electron chi connectivity index (χ1n) is 26.9. The Bertz CT molecular complexity index is 1790. The predicted octanol–water partition coefficient (Wildman–Crippen LogP) is -1.15. The molecular formula is C50H88N10O15. The molecule has 4 rings (SSSR count). The second kappa shape index (κ2) is 33.7. The number of carboxylic acids is 3. The number of aliphatic hydroxyl groups is 2. The molecule has 4 aliphatic rings. The lowest BCUT2D eigenvalue weighted by Gasteiger charge is -2.48. The predicted molar refractivity (Wildman–Crippen MR) is 274 cm³/mol. The van der Waals surface area contributed by atoms with Gasteiger partial charge in [-0.3, -0.25) is 59.2 Å². The minimum absolute atomic E-state index is 0.0125. The highest BCUT2D eigenvalue weighted by atomic mass is 16.6. The maximum absolute atomic E-state index is 12.9. The minimum atomic E-state index is -1.03. The van der Waals surface area contributed by atoms with E-state index in [2.05, 4.69) is 10.6 Å². The Morgan fingerprint density at radius 1 is 0.600 bits per heavy atom. The summed E-state index contributed by atoms with van der Waals surface area (Å²) in [6.45, 7) is 12.1. The van der Waals surface area contributed by atoms with Gasteiger partial charge in [0.1, 0.15) is 5.84 Å². The molecule has 2 saturated heterocycles. The number of nitrogens with zero attached hydrogens (tertiary/aromatic N) is 6. The highest BCUT2D eigenvalue weighted by Gasteiger charge is 2.44. The second-order valence-electron chi connectivity index (χ2n) is 20.5. The minimum Gasteiger partial charge on any atom is -0.480 e. The van der Waals surface area contributed by atoms with Gasteiger partial charge < -0.3 is 64.9 Å². The number of amidine groups is 2. The number of hydrogen-bond acceptors (Lipinski definition) is 18. The van der Waals surface area contributed by atoms with Crippen LogP contribution in [0.5, 0.6) is 0 Å². The van der Waals surface area contributed by atoms with Gasteiger partial charge in [-0.25, -0.2) is 0 Å². The Labute approximate surface area is 441 Å². The number of rotatable bonds is 28. The zero-order valence-corrected chi connectivity index (χ0v) is 44.5. The molecule has 0 bridgehead atoms. The van der Waals surface area contributed by atoms with Crippen molar-refractivity contribution >= 4 is 47.3 Å². The number of carboxylic acid groups (broad SMARTS) is 3. The van der Waals surface area contributed by atoms with Crippen molar-refractivity contribution in [3.05, 3.63) is 0 Å². The molecular weight excluding hydrogens is 981 g/mol. The zero-order chi connectivity index (χ0) is 54.9. The normalized spacial score (nSPS) is 24.1. The third-order valence-electron chi connectivity index (χ3n) is 14.8. The molecule has 4 unspecified atom stereocenters. The maximum Gasteiger partial charge on any atom is 0.317 e. The van der Waals surface area contributed by atoms with Crippen LogP contribution in [0.1, 0.15) is 65.7 Å². The van der Waals surface area contributed by atoms with Gasteiger partial charge >= 0.3 is 17.9 Å². The molecule has 9 N–H and O–H groups in total. The van der Waals surface area contributed by atoms with E-state index in [4.69, 9.17) is 24.4 Å². The third-order valence-corrected chi connectivity index (χ3v) is 14.8. The molecule has 3 amide bonds. The number of aliphatic carboxylic acids is 3. The number of hydrogen-bond donors (Lipinski definition) is 9. The lowest BCUT2D eigenvalue weighted by Crippen LogP contribution is -2.57. The number of likely N-dealkylation sites (tertiary alicyclic amines) is 1. The van der Waals surface area contributed by atoms with Crippen molar-refractivity contribution in [1.29, 1.82) is 10.8 Å². The fraction of sp³-hybridized carbons (Fsp3) is 0.840. The van der Waals surface area contributed by atoms with E-state index in [0.717, 1.165) is 12.8 Å². The molecule has 428 valence electrons. The van der Waals surface area contributed by atoms with Gasteiger partial charge in [0.15, 0.2) is 5.84 Å². The first-order chi connectivity index (χ1) is 35.9. The van der Waals surface area contributed by atoms with Gasteiger partial charge in [0, 0.05) is 96.9 Å². The summed E-state index contributed by atoms with van der Waals surface area (Å²) >= 11 is 0. The molecule has 0 radical (unpaired) electrons. The summed E-state index contributed by atoms with van der Waals surface area (Å²) in [6, 6.07) is -0.229. The molecule has 4 fully saturated rings. The molecule has 0 aromatic rings. The van der Waals surface area contributed by atoms with Gasteiger partial charge in [0.25, 0.3) is 5.91 Å². The Kier molecular flexibility index (Phi) is 28.3. The van der Waals surface area contributed by atoms with Crippen molar-refractivity contribution in [2.45, 2.75) is 84.0 Å². The van der Waals surface area contributed by atoms with E-state index in [1.165, 1.54) is 4.90 Å². The highest BCUT2D eigenvalue weighted by molar-refractivity contribution is 6.39. The number of amides is 3. The molecule has 2 aliphatic carbocycles. The summed E-state index contributed by atoms with van der Waals surface area (Å²) in [5, 5.41) is 73.4. The van der Waals surface area contributed by atoms with Crippen molar-refractivity contribution in [1.82, 2.24) is 40.0 Å². The third kappa shape index (κ3) is 22.6. The lowest BCUT2D eigenvalue weighted by atomic mass is 9.71. The largest absolute Gasteiger partial charge is 0.480 e. The monoisotopic (exact) mass is 1070 g/mol. The highest BCUT2D eigenvalue weighted by Crippen LogP contribution is 2.40. The second-order valence-corrected chi connectivity index (χ2v) is 20.5. The van der Waals surface area contributed by atoms with Gasteiger partial charge in [0.05, 0.1) is 97.7 Å². The molecule has 2 heterocycles. The summed E-state index contributed by atoms with van der Waals surface area (Å²) in [5.41, 5.74) is 0. The first-order valence-corrected chi connectivity index (χ1v) is 26.9. The van der Waals surface area contributed by atoms with Gasteiger partial charge in [-0.15, -0.1) is 0 Å². The SMILES string of the molecule is CCNC(=O)C(=N)N(C(=N)C1CC(C(C)C)C(O)CC1O)C1CCC(C2CN(C(=O)CCOCCOCCOCCOCCNC(=O)CN3CCN(CC(=O)O)CCN(CC(=O)O)CCN(CC(=O)O)CC3)C2)CC1. The van der Waals surface area contributed by atoms with Crippen molar-refractivity contribution in [2.24, 2.45) is 29.6 Å². The van der Waals surface area contributed by atoms with E-state index >= 15 is 0 Å². The number of nitrogens with one attached hydrogen (secondary N) is 4. The van der Waals surface area contributed by atoms with E-state index in [0.29, 0.717) is 130 Å². The maximum atomic E-state index is 12.9. The lowest BCUT2D eigenvalue weighted by molar-refractivity contribution is -0.141. The average Bonchev–Trinajstić information content (AvgIpc) is 3.33. The van der Waals surface area contributed by atoms with Crippen LogP contribution in [0, 0.1) is 40.4 Å². The summed E-state index contributed by atoms with van der Waals surface area (Å²) < 4.78 is 22.4. The van der Waals surface area contributed by atoms with Crippen LogP contribution in [-0.2, 0) is 47.7 Å². The number of aliphatic hydroxyl groups excluding tert-OH is 2. The molecule has 25 nitrogen and oxygen atoms in total. The van der Waals surface area contributed by atoms with Crippen LogP contribution in [0.3, 0.4) is 0 Å². The summed E-state index contributed by atoms with van der Waals surface area (Å²) in [7, 11) is 0. The van der Waals surface area contributed by atoms with Crippen LogP contribution < -0.4 is 10.6 Å².